The van der Waals surface area contributed by atoms with E-state index in [0.717, 1.165) is 0 Å². The summed E-state index contributed by atoms with van der Waals surface area (Å²) in [6.07, 6.45) is 0.190. The van der Waals surface area contributed by atoms with Crippen molar-refractivity contribution in [3.63, 3.8) is 0 Å². The number of carbonyl (C=O) groups excluding carboxylic acids is 2. The van der Waals surface area contributed by atoms with E-state index in [1.807, 2.05) is 0 Å². The van der Waals surface area contributed by atoms with Gasteiger partial charge in [-0.25, -0.2) is 4.79 Å². The summed E-state index contributed by atoms with van der Waals surface area (Å²) in [6, 6.07) is -0.913. The van der Waals surface area contributed by atoms with Crippen LogP contribution in [0.15, 0.2) is 4.99 Å². The zero-order chi connectivity index (χ0) is 11.8. The monoisotopic (exact) mass is 215 g/mol. The molecule has 0 amide bonds. The number of hydrogen-bond donors (Lipinski definition) is 1. The molecule has 0 aromatic carbocycles. The Morgan fingerprint density at radius 2 is 2.00 bits per heavy atom. The Hall–Kier alpha value is -1.23. The van der Waals surface area contributed by atoms with Gasteiger partial charge in [0.15, 0.2) is 6.04 Å². The lowest BCUT2D eigenvalue weighted by Gasteiger charge is -2.09. The third-order valence-corrected chi connectivity index (χ3v) is 1.61. The summed E-state index contributed by atoms with van der Waals surface area (Å²) < 4.78 is 4.71. The first-order chi connectivity index (χ1) is 7.01. The molecule has 0 saturated heterocycles. The van der Waals surface area contributed by atoms with Crippen LogP contribution >= 0.6 is 0 Å². The number of aliphatic imine (C=N–C) groups is 1. The molecule has 1 atom stereocenters. The second-order valence-electron chi connectivity index (χ2n) is 3.19. The zero-order valence-corrected chi connectivity index (χ0v) is 9.32. The van der Waals surface area contributed by atoms with Crippen molar-refractivity contribution in [2.45, 2.75) is 33.2 Å². The molecule has 0 aromatic heterocycles. The number of ketones is 1. The van der Waals surface area contributed by atoms with E-state index < -0.39 is 18.6 Å². The van der Waals surface area contributed by atoms with Gasteiger partial charge >= 0.3 is 5.97 Å². The average molecular weight is 215 g/mol. The van der Waals surface area contributed by atoms with Gasteiger partial charge in [-0.2, -0.15) is 0 Å². The van der Waals surface area contributed by atoms with Gasteiger partial charge in [-0.1, -0.05) is 0 Å². The van der Waals surface area contributed by atoms with E-state index in [1.54, 1.807) is 13.8 Å². The molecule has 0 saturated carbocycles. The molecule has 0 bridgehead atoms. The molecule has 0 rings (SSSR count). The first-order valence-corrected chi connectivity index (χ1v) is 4.81. The summed E-state index contributed by atoms with van der Waals surface area (Å²) in [5, 5.41) is 8.91. The van der Waals surface area contributed by atoms with Gasteiger partial charge in [0.2, 0.25) is 0 Å². The van der Waals surface area contributed by atoms with Gasteiger partial charge in [-0.3, -0.25) is 9.79 Å². The minimum absolute atomic E-state index is 0.0307. The second kappa shape index (κ2) is 7.11. The predicted octanol–water partition coefficient (Wildman–Crippen LogP) is 0.350. The highest BCUT2D eigenvalue weighted by Crippen LogP contribution is 1.98. The summed E-state index contributed by atoms with van der Waals surface area (Å²) in [7, 11) is 0. The maximum absolute atomic E-state index is 11.2. The van der Waals surface area contributed by atoms with Gasteiger partial charge in [0.25, 0.3) is 0 Å². The van der Waals surface area contributed by atoms with Crippen molar-refractivity contribution in [3.8, 4) is 0 Å². The van der Waals surface area contributed by atoms with Crippen molar-refractivity contribution in [1.82, 2.24) is 0 Å². The second-order valence-corrected chi connectivity index (χ2v) is 3.19. The Kier molecular flexibility index (Phi) is 6.53. The minimum atomic E-state index is -0.913. The first kappa shape index (κ1) is 13.8. The van der Waals surface area contributed by atoms with Crippen LogP contribution in [0.4, 0.5) is 0 Å². The average Bonchev–Trinajstić information content (AvgIpc) is 2.13. The lowest BCUT2D eigenvalue weighted by atomic mass is 10.2. The number of rotatable bonds is 6. The Labute approximate surface area is 89.1 Å². The molecule has 86 valence electrons. The number of hydrogen-bond acceptors (Lipinski definition) is 5. The summed E-state index contributed by atoms with van der Waals surface area (Å²) in [4.78, 5) is 25.9. The summed E-state index contributed by atoms with van der Waals surface area (Å²) in [6.45, 7) is 4.60. The maximum Gasteiger partial charge on any atom is 0.333 e. The summed E-state index contributed by atoms with van der Waals surface area (Å²) >= 11 is 0. The number of nitrogens with zero attached hydrogens (tertiary/aromatic N) is 1. The van der Waals surface area contributed by atoms with Gasteiger partial charge in [-0.15, -0.1) is 0 Å². The lowest BCUT2D eigenvalue weighted by molar-refractivity contribution is -0.145. The van der Waals surface area contributed by atoms with E-state index in [-0.39, 0.29) is 18.8 Å². The number of Topliss-reactive ketones (excluding diaryl/α,β-unsaturated/α-hetero) is 1. The van der Waals surface area contributed by atoms with Gasteiger partial charge in [0.05, 0.1) is 13.2 Å². The molecule has 0 heterocycles. The van der Waals surface area contributed by atoms with E-state index in [4.69, 9.17) is 9.84 Å². The van der Waals surface area contributed by atoms with Crippen molar-refractivity contribution >= 4 is 17.5 Å². The molecule has 0 aromatic rings. The van der Waals surface area contributed by atoms with Crippen LogP contribution in [0.2, 0.25) is 0 Å². The SMILES string of the molecule is CCOC(=O)[C@@H](CO)N=C(C)CC(C)=O. The Morgan fingerprint density at radius 1 is 1.40 bits per heavy atom. The topological polar surface area (TPSA) is 76.0 Å². The number of ether oxygens (including phenoxy) is 1. The van der Waals surface area contributed by atoms with Crippen molar-refractivity contribution < 1.29 is 19.4 Å². The Balaban J connectivity index is 4.41. The third-order valence-electron chi connectivity index (χ3n) is 1.61. The van der Waals surface area contributed by atoms with Gasteiger partial charge in [-0.05, 0) is 20.8 Å². The van der Waals surface area contributed by atoms with Crippen molar-refractivity contribution in [2.24, 2.45) is 4.99 Å². The molecule has 5 heteroatoms. The highest BCUT2D eigenvalue weighted by Gasteiger charge is 2.17. The highest BCUT2D eigenvalue weighted by atomic mass is 16.5. The van der Waals surface area contributed by atoms with Gasteiger partial charge < -0.3 is 9.84 Å². The standard InChI is InChI=1S/C10H17NO4/c1-4-15-10(14)9(6-12)11-7(2)5-8(3)13/h9,12H,4-6H2,1-3H3/t9-/m1/s1. The molecule has 5 nitrogen and oxygen atoms in total. The fourth-order valence-electron chi connectivity index (χ4n) is 1.08. The molecular weight excluding hydrogens is 198 g/mol. The van der Waals surface area contributed by atoms with Crippen LogP contribution in [0.25, 0.3) is 0 Å². The molecule has 1 N–H and O–H groups in total. The number of carbonyl (C=O) groups is 2. The molecule has 0 aliphatic heterocycles. The van der Waals surface area contributed by atoms with Crippen LogP contribution in [0.5, 0.6) is 0 Å². The predicted molar refractivity (Wildman–Crippen MR) is 55.9 cm³/mol. The third kappa shape index (κ3) is 5.96. The van der Waals surface area contributed by atoms with Crippen molar-refractivity contribution in [2.75, 3.05) is 13.2 Å². The summed E-state index contributed by atoms with van der Waals surface area (Å²) in [5.74, 6) is -0.597. The molecule has 0 radical (unpaired) electrons. The van der Waals surface area contributed by atoms with E-state index in [1.165, 1.54) is 6.92 Å². The maximum atomic E-state index is 11.2. The molecule has 0 unspecified atom stereocenters. The molecule has 15 heavy (non-hydrogen) atoms. The zero-order valence-electron chi connectivity index (χ0n) is 9.32. The van der Waals surface area contributed by atoms with Crippen LogP contribution in [0, 0.1) is 0 Å². The molecule has 0 aliphatic rings. The number of aliphatic hydroxyl groups excluding tert-OH is 1. The lowest BCUT2D eigenvalue weighted by Crippen LogP contribution is -2.26. The van der Waals surface area contributed by atoms with E-state index in [9.17, 15) is 9.59 Å². The first-order valence-electron chi connectivity index (χ1n) is 4.81. The van der Waals surface area contributed by atoms with Crippen LogP contribution in [-0.4, -0.2) is 41.8 Å². The Bertz CT molecular complexity index is 260. The van der Waals surface area contributed by atoms with Crippen LogP contribution in [-0.2, 0) is 14.3 Å². The van der Waals surface area contributed by atoms with Crippen LogP contribution < -0.4 is 0 Å². The normalized spacial score (nSPS) is 13.5. The minimum Gasteiger partial charge on any atom is -0.464 e. The van der Waals surface area contributed by atoms with Gasteiger partial charge in [0.1, 0.15) is 5.78 Å². The number of esters is 1. The molecular formula is C10H17NO4. The van der Waals surface area contributed by atoms with Crippen LogP contribution in [0.3, 0.4) is 0 Å². The quantitative estimate of drug-likeness (QED) is 0.512. The van der Waals surface area contributed by atoms with Gasteiger partial charge in [0, 0.05) is 12.1 Å². The van der Waals surface area contributed by atoms with Crippen molar-refractivity contribution in [1.29, 1.82) is 0 Å². The Morgan fingerprint density at radius 3 is 2.40 bits per heavy atom. The van der Waals surface area contributed by atoms with E-state index in [0.29, 0.717) is 5.71 Å². The smallest absolute Gasteiger partial charge is 0.333 e. The van der Waals surface area contributed by atoms with Crippen molar-refractivity contribution in [3.05, 3.63) is 0 Å². The molecule has 0 fully saturated rings. The highest BCUT2D eigenvalue weighted by molar-refractivity contribution is 6.00. The molecule has 0 spiro atoms. The van der Waals surface area contributed by atoms with Crippen LogP contribution in [0.1, 0.15) is 27.2 Å². The number of aliphatic hydroxyl groups is 1. The largest absolute Gasteiger partial charge is 0.464 e. The fourth-order valence-corrected chi connectivity index (χ4v) is 1.08. The molecule has 0 aliphatic carbocycles. The summed E-state index contributed by atoms with van der Waals surface area (Å²) in [5.41, 5.74) is 0.523. The van der Waals surface area contributed by atoms with E-state index in [2.05, 4.69) is 4.99 Å². The van der Waals surface area contributed by atoms with E-state index >= 15 is 0 Å². The fraction of sp³-hybridized carbons (Fsp3) is 0.700.